The van der Waals surface area contributed by atoms with Gasteiger partial charge in [-0.15, -0.1) is 0 Å². The fraction of sp³-hybridized carbons (Fsp3) is 0.286. The van der Waals surface area contributed by atoms with Gasteiger partial charge in [-0.2, -0.15) is 5.10 Å². The first-order valence-electron chi connectivity index (χ1n) is 6.80. The maximum atomic E-state index is 12.0. The minimum Gasteiger partial charge on any atom is -0.490 e. The van der Waals surface area contributed by atoms with E-state index < -0.39 is 4.92 Å². The molecule has 0 bridgehead atoms. The zero-order chi connectivity index (χ0) is 16.8. The third-order valence-corrected chi connectivity index (χ3v) is 3.50. The van der Waals surface area contributed by atoms with Gasteiger partial charge in [0, 0.05) is 30.9 Å². The van der Waals surface area contributed by atoms with Crippen LogP contribution in [0.4, 0.5) is 5.69 Å². The number of aryl methyl sites for hydroxylation is 1. The lowest BCUT2D eigenvalue weighted by molar-refractivity contribution is -0.385. The number of nitro benzene ring substituents is 1. The molecule has 9 heteroatoms. The number of rotatable bonds is 7. The van der Waals surface area contributed by atoms with Gasteiger partial charge in [-0.3, -0.25) is 19.6 Å². The van der Waals surface area contributed by atoms with E-state index in [1.54, 1.807) is 10.9 Å². The first kappa shape index (κ1) is 16.9. The number of amides is 1. The SMILES string of the molecule is COc1ccc(C(=O)NCCCn2cc(Br)cn2)cc1[N+](=O)[O-]. The second-order valence-corrected chi connectivity index (χ2v) is 5.59. The molecule has 122 valence electrons. The van der Waals surface area contributed by atoms with E-state index in [-0.39, 0.29) is 22.9 Å². The minimum atomic E-state index is -0.578. The standard InChI is InChI=1S/C14H15BrN4O4/c1-23-13-4-3-10(7-12(13)19(21)22)14(20)16-5-2-6-18-9-11(15)8-17-18/h3-4,7-9H,2,5-6H2,1H3,(H,16,20). The Labute approximate surface area is 140 Å². The highest BCUT2D eigenvalue weighted by Gasteiger charge is 2.17. The number of nitrogens with one attached hydrogen (secondary N) is 1. The number of carbonyl (C=O) groups is 1. The molecule has 0 atom stereocenters. The molecule has 0 radical (unpaired) electrons. The average Bonchev–Trinajstić information content (AvgIpc) is 2.96. The Balaban J connectivity index is 1.90. The maximum absolute atomic E-state index is 12.0. The average molecular weight is 383 g/mol. The highest BCUT2D eigenvalue weighted by molar-refractivity contribution is 9.10. The number of carbonyl (C=O) groups excluding carboxylic acids is 1. The van der Waals surface area contributed by atoms with Gasteiger partial charge in [0.1, 0.15) is 0 Å². The van der Waals surface area contributed by atoms with Crippen LogP contribution in [0.2, 0.25) is 0 Å². The molecule has 8 nitrogen and oxygen atoms in total. The summed E-state index contributed by atoms with van der Waals surface area (Å²) in [5.74, 6) is -0.242. The van der Waals surface area contributed by atoms with E-state index in [0.29, 0.717) is 19.5 Å². The van der Waals surface area contributed by atoms with Gasteiger partial charge in [-0.25, -0.2) is 0 Å². The molecule has 1 amide bonds. The smallest absolute Gasteiger partial charge is 0.311 e. The molecule has 2 rings (SSSR count). The minimum absolute atomic E-state index is 0.121. The number of aromatic nitrogens is 2. The molecule has 0 unspecified atom stereocenters. The normalized spacial score (nSPS) is 10.3. The predicted molar refractivity (Wildman–Crippen MR) is 86.5 cm³/mol. The molecule has 0 aliphatic heterocycles. The maximum Gasteiger partial charge on any atom is 0.311 e. The topological polar surface area (TPSA) is 99.3 Å². The second kappa shape index (κ2) is 7.73. The van der Waals surface area contributed by atoms with E-state index >= 15 is 0 Å². The molecule has 0 saturated carbocycles. The van der Waals surface area contributed by atoms with Crippen LogP contribution < -0.4 is 10.1 Å². The molecular weight excluding hydrogens is 368 g/mol. The monoisotopic (exact) mass is 382 g/mol. The summed E-state index contributed by atoms with van der Waals surface area (Å²) in [6, 6.07) is 4.11. The van der Waals surface area contributed by atoms with Crippen molar-refractivity contribution in [3.05, 3.63) is 50.7 Å². The van der Waals surface area contributed by atoms with Crippen LogP contribution in [0.15, 0.2) is 35.1 Å². The summed E-state index contributed by atoms with van der Waals surface area (Å²) in [6.07, 6.45) is 4.22. The summed E-state index contributed by atoms with van der Waals surface area (Å²) < 4.78 is 7.56. The largest absolute Gasteiger partial charge is 0.490 e. The first-order valence-corrected chi connectivity index (χ1v) is 7.59. The summed E-state index contributed by atoms with van der Waals surface area (Å²) in [4.78, 5) is 22.4. The Hall–Kier alpha value is -2.42. The van der Waals surface area contributed by atoms with E-state index in [2.05, 4.69) is 26.3 Å². The van der Waals surface area contributed by atoms with Crippen LogP contribution in [0, 0.1) is 10.1 Å². The molecule has 0 aliphatic carbocycles. The Morgan fingerprint density at radius 1 is 1.52 bits per heavy atom. The number of halogens is 1. The summed E-state index contributed by atoms with van der Waals surface area (Å²) in [7, 11) is 1.34. The number of ether oxygens (including phenoxy) is 1. The molecule has 0 saturated heterocycles. The molecule has 1 aromatic heterocycles. The fourth-order valence-electron chi connectivity index (χ4n) is 1.98. The van der Waals surface area contributed by atoms with Crippen molar-refractivity contribution in [1.82, 2.24) is 15.1 Å². The Morgan fingerprint density at radius 2 is 2.30 bits per heavy atom. The lowest BCUT2D eigenvalue weighted by atomic mass is 10.1. The van der Waals surface area contributed by atoms with Crippen molar-refractivity contribution in [1.29, 1.82) is 0 Å². The quantitative estimate of drug-likeness (QED) is 0.450. The van der Waals surface area contributed by atoms with Crippen molar-refractivity contribution in [2.75, 3.05) is 13.7 Å². The highest BCUT2D eigenvalue weighted by Crippen LogP contribution is 2.27. The number of methoxy groups -OCH3 is 1. The van der Waals surface area contributed by atoms with Crippen molar-refractivity contribution in [2.24, 2.45) is 0 Å². The van der Waals surface area contributed by atoms with Gasteiger partial charge < -0.3 is 10.1 Å². The van der Waals surface area contributed by atoms with E-state index in [9.17, 15) is 14.9 Å². The Kier molecular flexibility index (Phi) is 5.69. The van der Waals surface area contributed by atoms with E-state index in [0.717, 1.165) is 4.47 Å². The van der Waals surface area contributed by atoms with Gasteiger partial charge in [0.15, 0.2) is 5.75 Å². The van der Waals surface area contributed by atoms with Crippen LogP contribution in [0.1, 0.15) is 16.8 Å². The number of nitro groups is 1. The summed E-state index contributed by atoms with van der Waals surface area (Å²) in [5.41, 5.74) is -0.0131. The van der Waals surface area contributed by atoms with Crippen LogP contribution in [-0.2, 0) is 6.54 Å². The van der Waals surface area contributed by atoms with Crippen LogP contribution in [-0.4, -0.2) is 34.3 Å². The fourth-order valence-corrected chi connectivity index (χ4v) is 2.31. The van der Waals surface area contributed by atoms with Crippen LogP contribution in [0.5, 0.6) is 5.75 Å². The number of benzene rings is 1. The summed E-state index contributed by atoms with van der Waals surface area (Å²) in [6.45, 7) is 1.10. The Morgan fingerprint density at radius 3 is 2.91 bits per heavy atom. The van der Waals surface area contributed by atoms with Gasteiger partial charge in [0.2, 0.25) is 0 Å². The summed E-state index contributed by atoms with van der Waals surface area (Å²) in [5, 5.41) is 17.8. The highest BCUT2D eigenvalue weighted by atomic mass is 79.9. The first-order chi connectivity index (χ1) is 11.0. The molecule has 23 heavy (non-hydrogen) atoms. The lowest BCUT2D eigenvalue weighted by Gasteiger charge is -2.07. The van der Waals surface area contributed by atoms with Gasteiger partial charge >= 0.3 is 5.69 Å². The van der Waals surface area contributed by atoms with Gasteiger partial charge in [0.05, 0.1) is 22.7 Å². The molecule has 0 aliphatic rings. The van der Waals surface area contributed by atoms with Crippen LogP contribution in [0.25, 0.3) is 0 Å². The Bertz CT molecular complexity index is 717. The van der Waals surface area contributed by atoms with E-state index in [4.69, 9.17) is 4.74 Å². The molecule has 0 spiro atoms. The third kappa shape index (κ3) is 4.52. The summed E-state index contributed by atoms with van der Waals surface area (Å²) >= 11 is 3.31. The van der Waals surface area contributed by atoms with Crippen molar-refractivity contribution in [3.8, 4) is 5.75 Å². The third-order valence-electron chi connectivity index (χ3n) is 3.09. The van der Waals surface area contributed by atoms with Crippen molar-refractivity contribution in [3.63, 3.8) is 0 Å². The number of nitrogens with zero attached hydrogens (tertiary/aromatic N) is 3. The molecular formula is C14H15BrN4O4. The molecule has 1 heterocycles. The van der Waals surface area contributed by atoms with Crippen LogP contribution >= 0.6 is 15.9 Å². The van der Waals surface area contributed by atoms with Gasteiger partial charge in [-0.05, 0) is 34.5 Å². The molecule has 2 aromatic rings. The predicted octanol–water partition coefficient (Wildman–Crippen LogP) is 2.38. The van der Waals surface area contributed by atoms with Gasteiger partial charge in [-0.1, -0.05) is 0 Å². The lowest BCUT2D eigenvalue weighted by Crippen LogP contribution is -2.25. The zero-order valence-corrected chi connectivity index (χ0v) is 13.9. The molecule has 0 fully saturated rings. The van der Waals surface area contributed by atoms with Gasteiger partial charge in [0.25, 0.3) is 5.91 Å². The molecule has 1 aromatic carbocycles. The number of hydrogen-bond acceptors (Lipinski definition) is 5. The van der Waals surface area contributed by atoms with Crippen molar-refractivity contribution in [2.45, 2.75) is 13.0 Å². The number of hydrogen-bond donors (Lipinski definition) is 1. The van der Waals surface area contributed by atoms with Crippen molar-refractivity contribution < 1.29 is 14.5 Å². The van der Waals surface area contributed by atoms with E-state index in [1.165, 1.54) is 25.3 Å². The second-order valence-electron chi connectivity index (χ2n) is 4.67. The van der Waals surface area contributed by atoms with Crippen LogP contribution in [0.3, 0.4) is 0 Å². The molecule has 1 N–H and O–H groups in total. The van der Waals surface area contributed by atoms with E-state index in [1.807, 2.05) is 6.20 Å². The van der Waals surface area contributed by atoms with Crippen molar-refractivity contribution >= 4 is 27.5 Å². The zero-order valence-electron chi connectivity index (χ0n) is 12.4.